The van der Waals surface area contributed by atoms with Gasteiger partial charge >= 0.3 is 0 Å². The lowest BCUT2D eigenvalue weighted by molar-refractivity contribution is 0.469. The van der Waals surface area contributed by atoms with Gasteiger partial charge in [0.05, 0.1) is 9.79 Å². The Balaban J connectivity index is 1.42. The van der Waals surface area contributed by atoms with Crippen molar-refractivity contribution in [1.82, 2.24) is 9.03 Å². The van der Waals surface area contributed by atoms with Crippen molar-refractivity contribution in [3.8, 4) is 0 Å². The third-order valence-electron chi connectivity index (χ3n) is 5.31. The zero-order chi connectivity index (χ0) is 19.4. The first-order valence-electron chi connectivity index (χ1n) is 8.88. The molecule has 2 unspecified atom stereocenters. The van der Waals surface area contributed by atoms with E-state index in [2.05, 4.69) is 4.72 Å². The molecule has 1 aliphatic heterocycles. The Kier molecular flexibility index (Phi) is 4.42. The predicted molar refractivity (Wildman–Crippen MR) is 102 cm³/mol. The van der Waals surface area contributed by atoms with Crippen LogP contribution in [0.1, 0.15) is 24.0 Å². The highest BCUT2D eigenvalue weighted by atomic mass is 32.2. The maximum Gasteiger partial charge on any atom is 0.243 e. The second kappa shape index (κ2) is 6.41. The van der Waals surface area contributed by atoms with Crippen LogP contribution in [-0.4, -0.2) is 39.3 Å². The van der Waals surface area contributed by atoms with Crippen LogP contribution in [0.3, 0.4) is 0 Å². The van der Waals surface area contributed by atoms with Crippen molar-refractivity contribution in [1.29, 1.82) is 0 Å². The van der Waals surface area contributed by atoms with Gasteiger partial charge in [-0.3, -0.25) is 0 Å². The van der Waals surface area contributed by atoms with Gasteiger partial charge in [-0.05, 0) is 51.0 Å². The minimum absolute atomic E-state index is 0.123. The van der Waals surface area contributed by atoms with Crippen molar-refractivity contribution in [2.75, 3.05) is 0 Å². The van der Waals surface area contributed by atoms with E-state index < -0.39 is 20.0 Å². The first-order valence-corrected chi connectivity index (χ1v) is 11.8. The third-order valence-corrected chi connectivity index (χ3v) is 8.81. The van der Waals surface area contributed by atoms with E-state index in [9.17, 15) is 16.8 Å². The quantitative estimate of drug-likeness (QED) is 0.772. The number of nitrogens with zero attached hydrogens (tertiary/aromatic N) is 1. The van der Waals surface area contributed by atoms with Gasteiger partial charge in [-0.25, -0.2) is 21.6 Å². The summed E-state index contributed by atoms with van der Waals surface area (Å²) in [5, 5.41) is 0. The summed E-state index contributed by atoms with van der Waals surface area (Å²) in [6.07, 6.45) is 1.00. The minimum Gasteiger partial charge on any atom is -0.208 e. The Morgan fingerprint density at radius 2 is 1.22 bits per heavy atom. The summed E-state index contributed by atoms with van der Waals surface area (Å²) in [7, 11) is -7.10. The van der Waals surface area contributed by atoms with Gasteiger partial charge < -0.3 is 0 Å². The monoisotopic (exact) mass is 406 g/mol. The number of hydrogen-bond acceptors (Lipinski definition) is 4. The molecule has 2 fully saturated rings. The molecule has 8 heteroatoms. The fourth-order valence-corrected chi connectivity index (χ4v) is 6.90. The van der Waals surface area contributed by atoms with Crippen LogP contribution in [0.15, 0.2) is 58.3 Å². The molecule has 2 aromatic rings. The van der Waals surface area contributed by atoms with Crippen LogP contribution >= 0.6 is 0 Å². The number of aryl methyl sites for hydroxylation is 2. The normalized spacial score (nSPS) is 27.3. The van der Waals surface area contributed by atoms with Crippen molar-refractivity contribution in [2.24, 2.45) is 0 Å². The highest BCUT2D eigenvalue weighted by Crippen LogP contribution is 2.46. The second-order valence-corrected chi connectivity index (χ2v) is 10.9. The van der Waals surface area contributed by atoms with E-state index in [4.69, 9.17) is 0 Å². The molecule has 4 rings (SSSR count). The van der Waals surface area contributed by atoms with Crippen LogP contribution in [0.4, 0.5) is 0 Å². The molecule has 1 aliphatic carbocycles. The molecular formula is C19H22N2O4S2. The Morgan fingerprint density at radius 3 is 1.70 bits per heavy atom. The van der Waals surface area contributed by atoms with Crippen LogP contribution < -0.4 is 4.72 Å². The van der Waals surface area contributed by atoms with E-state index in [1.165, 1.54) is 4.31 Å². The van der Waals surface area contributed by atoms with E-state index in [1.54, 1.807) is 48.5 Å². The fourth-order valence-electron chi connectivity index (χ4n) is 3.80. The zero-order valence-corrected chi connectivity index (χ0v) is 16.8. The lowest BCUT2D eigenvalue weighted by Crippen LogP contribution is -2.36. The van der Waals surface area contributed by atoms with E-state index in [0.717, 1.165) is 11.1 Å². The number of nitrogens with one attached hydrogen (secondary N) is 1. The molecule has 1 saturated heterocycles. The van der Waals surface area contributed by atoms with Crippen LogP contribution in [0.25, 0.3) is 0 Å². The average Bonchev–Trinajstić information content (AvgIpc) is 3.14. The Bertz CT molecular complexity index is 1050. The molecule has 0 spiro atoms. The molecule has 1 N–H and O–H groups in total. The Labute approximate surface area is 160 Å². The number of sulfonamides is 2. The summed E-state index contributed by atoms with van der Waals surface area (Å²) in [6.45, 7) is 3.81. The van der Waals surface area contributed by atoms with Crippen LogP contribution in [-0.2, 0) is 20.0 Å². The molecule has 6 nitrogen and oxygen atoms in total. The van der Waals surface area contributed by atoms with Crippen molar-refractivity contribution in [2.45, 2.75) is 54.6 Å². The first-order chi connectivity index (χ1) is 12.7. The van der Waals surface area contributed by atoms with E-state index in [-0.39, 0.29) is 23.0 Å². The molecule has 0 bridgehead atoms. The van der Waals surface area contributed by atoms with Gasteiger partial charge in [0.1, 0.15) is 0 Å². The predicted octanol–water partition coefficient (Wildman–Crippen LogP) is 2.19. The number of benzene rings is 2. The van der Waals surface area contributed by atoms with Crippen molar-refractivity contribution in [3.05, 3.63) is 59.7 Å². The lowest BCUT2D eigenvalue weighted by Gasteiger charge is -2.18. The summed E-state index contributed by atoms with van der Waals surface area (Å²) in [5.41, 5.74) is 2.00. The molecule has 2 aliphatic rings. The van der Waals surface area contributed by atoms with Crippen molar-refractivity contribution >= 4 is 20.0 Å². The molecule has 0 amide bonds. The number of rotatable bonds is 5. The van der Waals surface area contributed by atoms with Crippen LogP contribution in [0.5, 0.6) is 0 Å². The van der Waals surface area contributed by atoms with Crippen LogP contribution in [0, 0.1) is 13.8 Å². The van der Waals surface area contributed by atoms with Crippen LogP contribution in [0.2, 0.25) is 0 Å². The van der Waals surface area contributed by atoms with Gasteiger partial charge in [-0.15, -0.1) is 0 Å². The van der Waals surface area contributed by atoms with Gasteiger partial charge in [0.15, 0.2) is 0 Å². The van der Waals surface area contributed by atoms with Gasteiger partial charge in [-0.2, -0.15) is 4.31 Å². The fraction of sp³-hybridized carbons (Fsp3) is 0.368. The van der Waals surface area contributed by atoms with Crippen molar-refractivity contribution < 1.29 is 16.8 Å². The van der Waals surface area contributed by atoms with Crippen molar-refractivity contribution in [3.63, 3.8) is 0 Å². The maximum atomic E-state index is 12.8. The highest BCUT2D eigenvalue weighted by molar-refractivity contribution is 7.89. The second-order valence-electron chi connectivity index (χ2n) is 7.39. The number of fused-ring (bicyclic) bond motifs is 1. The van der Waals surface area contributed by atoms with Gasteiger partial charge in [0.25, 0.3) is 0 Å². The summed E-state index contributed by atoms with van der Waals surface area (Å²) >= 11 is 0. The Hall–Kier alpha value is -1.74. The molecule has 144 valence electrons. The molecule has 1 saturated carbocycles. The standard InChI is InChI=1S/C19H22N2O4S2/c1-13-3-7-16(8-4-13)26(22,23)20-15-11-18-19(12-15)21(18)27(24,25)17-9-5-14(2)6-10-17/h3-10,15,18-20H,11-12H2,1-2H3/t15?,18-,19+,21?. The topological polar surface area (TPSA) is 83.3 Å². The van der Waals surface area contributed by atoms with E-state index >= 15 is 0 Å². The number of hydrogen-bond donors (Lipinski definition) is 1. The molecule has 0 radical (unpaired) electrons. The smallest absolute Gasteiger partial charge is 0.208 e. The highest BCUT2D eigenvalue weighted by Gasteiger charge is 2.60. The summed E-state index contributed by atoms with van der Waals surface area (Å²) in [5.74, 6) is 0. The average molecular weight is 407 g/mol. The van der Waals surface area contributed by atoms with Gasteiger partial charge in [-0.1, -0.05) is 35.4 Å². The summed E-state index contributed by atoms with van der Waals surface area (Å²) < 4.78 is 54.8. The summed E-state index contributed by atoms with van der Waals surface area (Å²) in [4.78, 5) is 0.525. The number of piperidine rings is 1. The molecular weight excluding hydrogens is 384 g/mol. The largest absolute Gasteiger partial charge is 0.243 e. The minimum atomic E-state index is -3.59. The van der Waals surface area contributed by atoms with Gasteiger partial charge in [0.2, 0.25) is 20.0 Å². The van der Waals surface area contributed by atoms with E-state index in [0.29, 0.717) is 17.7 Å². The first kappa shape index (κ1) is 18.6. The van der Waals surface area contributed by atoms with E-state index in [1.807, 2.05) is 13.8 Å². The molecule has 27 heavy (non-hydrogen) atoms. The SMILES string of the molecule is Cc1ccc(S(=O)(=O)NC2C[C@@H]3[C@H](C2)N3S(=O)(=O)c2ccc(C)cc2)cc1. The van der Waals surface area contributed by atoms with Gasteiger partial charge in [0, 0.05) is 18.1 Å². The summed E-state index contributed by atoms with van der Waals surface area (Å²) in [6, 6.07) is 13.0. The molecule has 1 heterocycles. The third kappa shape index (κ3) is 3.42. The lowest BCUT2D eigenvalue weighted by atomic mass is 10.2. The molecule has 4 atom stereocenters. The maximum absolute atomic E-state index is 12.8. The molecule has 0 aromatic heterocycles. The Morgan fingerprint density at radius 1 is 0.778 bits per heavy atom. The molecule has 2 aromatic carbocycles. The zero-order valence-electron chi connectivity index (χ0n) is 15.2.